The topological polar surface area (TPSA) is 41.9 Å². The second-order valence-corrected chi connectivity index (χ2v) is 5.31. The molecular formula is C17H15ClN2O2. The lowest BCUT2D eigenvalue weighted by molar-refractivity contribution is -0.132. The van der Waals surface area contributed by atoms with Crippen molar-refractivity contribution in [2.75, 3.05) is 13.2 Å². The van der Waals surface area contributed by atoms with Gasteiger partial charge in [-0.3, -0.25) is 4.79 Å². The highest BCUT2D eigenvalue weighted by molar-refractivity contribution is 6.32. The standard InChI is InChI=1S/C17H15ClN2O2/c18-14-8-4-5-9-16(14)22-12-17(21)20-11-10-15(19-20)13-6-2-1-3-7-13/h1-9H,10-12H2. The van der Waals surface area contributed by atoms with E-state index in [1.165, 1.54) is 5.01 Å². The van der Waals surface area contributed by atoms with E-state index in [2.05, 4.69) is 5.10 Å². The van der Waals surface area contributed by atoms with Crippen LogP contribution in [0.25, 0.3) is 0 Å². The minimum atomic E-state index is -0.175. The van der Waals surface area contributed by atoms with Crippen molar-refractivity contribution in [2.24, 2.45) is 5.10 Å². The summed E-state index contributed by atoms with van der Waals surface area (Å²) in [6.07, 6.45) is 0.752. The molecule has 112 valence electrons. The normalized spacial score (nSPS) is 13.9. The van der Waals surface area contributed by atoms with E-state index in [4.69, 9.17) is 16.3 Å². The predicted octanol–water partition coefficient (Wildman–Crippen LogP) is 3.36. The number of hydrogen-bond donors (Lipinski definition) is 0. The third-order valence-electron chi connectivity index (χ3n) is 3.38. The van der Waals surface area contributed by atoms with Gasteiger partial charge in [-0.25, -0.2) is 5.01 Å². The number of amides is 1. The first-order valence-electron chi connectivity index (χ1n) is 7.04. The molecule has 0 spiro atoms. The minimum absolute atomic E-state index is 0.0741. The van der Waals surface area contributed by atoms with E-state index in [1.54, 1.807) is 12.1 Å². The Hall–Kier alpha value is -2.33. The summed E-state index contributed by atoms with van der Waals surface area (Å²) in [5.41, 5.74) is 1.97. The Balaban J connectivity index is 1.62. The second kappa shape index (κ2) is 6.62. The van der Waals surface area contributed by atoms with Crippen LogP contribution in [0.5, 0.6) is 5.75 Å². The molecule has 3 rings (SSSR count). The third-order valence-corrected chi connectivity index (χ3v) is 3.70. The van der Waals surface area contributed by atoms with Crippen molar-refractivity contribution in [3.05, 3.63) is 65.2 Å². The first-order chi connectivity index (χ1) is 10.7. The smallest absolute Gasteiger partial charge is 0.280 e. The van der Waals surface area contributed by atoms with Crippen LogP contribution in [0, 0.1) is 0 Å². The molecule has 2 aromatic rings. The maximum atomic E-state index is 12.2. The molecule has 1 heterocycles. The molecule has 22 heavy (non-hydrogen) atoms. The minimum Gasteiger partial charge on any atom is -0.482 e. The van der Waals surface area contributed by atoms with Gasteiger partial charge >= 0.3 is 0 Å². The van der Waals surface area contributed by atoms with E-state index in [1.807, 2.05) is 42.5 Å². The van der Waals surface area contributed by atoms with E-state index in [9.17, 15) is 4.79 Å². The number of carbonyl (C=O) groups is 1. The highest BCUT2D eigenvalue weighted by Crippen LogP contribution is 2.23. The van der Waals surface area contributed by atoms with Crippen LogP contribution in [0.4, 0.5) is 0 Å². The number of ether oxygens (including phenoxy) is 1. The summed E-state index contributed by atoms with van der Waals surface area (Å²) in [7, 11) is 0. The zero-order chi connectivity index (χ0) is 15.4. The number of rotatable bonds is 4. The zero-order valence-electron chi connectivity index (χ0n) is 11.9. The summed E-state index contributed by atoms with van der Waals surface area (Å²) in [6.45, 7) is 0.504. The quantitative estimate of drug-likeness (QED) is 0.868. The molecule has 0 fully saturated rings. The molecule has 2 aromatic carbocycles. The number of hydrazone groups is 1. The SMILES string of the molecule is O=C(COc1ccccc1Cl)N1CCC(c2ccccc2)=N1. The fourth-order valence-corrected chi connectivity index (χ4v) is 2.44. The molecule has 4 nitrogen and oxygen atoms in total. The van der Waals surface area contributed by atoms with E-state index in [-0.39, 0.29) is 12.5 Å². The molecule has 0 aliphatic carbocycles. The number of carbonyl (C=O) groups excluding carboxylic acids is 1. The van der Waals surface area contributed by atoms with Gasteiger partial charge in [0.25, 0.3) is 5.91 Å². The van der Waals surface area contributed by atoms with Crippen LogP contribution in [0.15, 0.2) is 59.7 Å². The summed E-state index contributed by atoms with van der Waals surface area (Å²) in [5, 5.41) is 6.33. The number of halogens is 1. The lowest BCUT2D eigenvalue weighted by Crippen LogP contribution is -2.28. The highest BCUT2D eigenvalue weighted by atomic mass is 35.5. The maximum Gasteiger partial charge on any atom is 0.280 e. The Bertz CT molecular complexity index is 701. The molecule has 0 saturated heterocycles. The van der Waals surface area contributed by atoms with Crippen LogP contribution in [0.2, 0.25) is 5.02 Å². The van der Waals surface area contributed by atoms with Crippen molar-refractivity contribution in [3.63, 3.8) is 0 Å². The van der Waals surface area contributed by atoms with Crippen molar-refractivity contribution in [2.45, 2.75) is 6.42 Å². The third kappa shape index (κ3) is 3.28. The van der Waals surface area contributed by atoms with Gasteiger partial charge in [0.2, 0.25) is 0 Å². The Morgan fingerprint density at radius 2 is 1.86 bits per heavy atom. The van der Waals surface area contributed by atoms with Gasteiger partial charge in [-0.05, 0) is 17.7 Å². The number of benzene rings is 2. The molecule has 0 radical (unpaired) electrons. The fraction of sp³-hybridized carbons (Fsp3) is 0.176. The molecule has 0 N–H and O–H groups in total. The molecule has 5 heteroatoms. The molecule has 1 aliphatic rings. The average molecular weight is 315 g/mol. The van der Waals surface area contributed by atoms with Gasteiger partial charge in [0.05, 0.1) is 17.3 Å². The van der Waals surface area contributed by atoms with Crippen LogP contribution in [-0.2, 0) is 4.79 Å². The molecular weight excluding hydrogens is 300 g/mol. The van der Waals surface area contributed by atoms with Crippen molar-refractivity contribution in [1.29, 1.82) is 0 Å². The average Bonchev–Trinajstić information content (AvgIpc) is 3.05. The number of nitrogens with zero attached hydrogens (tertiary/aromatic N) is 2. The van der Waals surface area contributed by atoms with Crippen molar-refractivity contribution < 1.29 is 9.53 Å². The van der Waals surface area contributed by atoms with Gasteiger partial charge in [-0.15, -0.1) is 0 Å². The van der Waals surface area contributed by atoms with E-state index < -0.39 is 0 Å². The largest absolute Gasteiger partial charge is 0.482 e. The van der Waals surface area contributed by atoms with E-state index in [0.717, 1.165) is 17.7 Å². The monoisotopic (exact) mass is 314 g/mol. The lowest BCUT2D eigenvalue weighted by Gasteiger charge is -2.12. The highest BCUT2D eigenvalue weighted by Gasteiger charge is 2.21. The summed E-state index contributed by atoms with van der Waals surface area (Å²) in [5.74, 6) is 0.329. The van der Waals surface area contributed by atoms with E-state index >= 15 is 0 Å². The van der Waals surface area contributed by atoms with Gasteiger partial charge in [0.15, 0.2) is 6.61 Å². The Morgan fingerprint density at radius 3 is 2.64 bits per heavy atom. The molecule has 1 amide bonds. The van der Waals surface area contributed by atoms with Crippen LogP contribution < -0.4 is 4.74 Å². The van der Waals surface area contributed by atoms with Crippen LogP contribution >= 0.6 is 11.6 Å². The van der Waals surface area contributed by atoms with Gasteiger partial charge in [0.1, 0.15) is 5.75 Å². The molecule has 0 aromatic heterocycles. The first-order valence-corrected chi connectivity index (χ1v) is 7.42. The zero-order valence-corrected chi connectivity index (χ0v) is 12.7. The predicted molar refractivity (Wildman–Crippen MR) is 86.3 cm³/mol. The first kappa shape index (κ1) is 14.6. The Morgan fingerprint density at radius 1 is 1.14 bits per heavy atom. The van der Waals surface area contributed by atoms with Crippen molar-refractivity contribution >= 4 is 23.2 Å². The molecule has 0 bridgehead atoms. The van der Waals surface area contributed by atoms with Crippen molar-refractivity contribution in [1.82, 2.24) is 5.01 Å². The number of hydrogen-bond acceptors (Lipinski definition) is 3. The van der Waals surface area contributed by atoms with Gasteiger partial charge < -0.3 is 4.74 Å². The van der Waals surface area contributed by atoms with Gasteiger partial charge in [-0.1, -0.05) is 54.1 Å². The molecule has 0 saturated carbocycles. The van der Waals surface area contributed by atoms with E-state index in [0.29, 0.717) is 17.3 Å². The lowest BCUT2D eigenvalue weighted by atomic mass is 10.1. The molecule has 0 unspecified atom stereocenters. The summed E-state index contributed by atoms with van der Waals surface area (Å²) in [6, 6.07) is 17.0. The summed E-state index contributed by atoms with van der Waals surface area (Å²) >= 11 is 5.99. The van der Waals surface area contributed by atoms with Gasteiger partial charge in [0, 0.05) is 6.42 Å². The van der Waals surface area contributed by atoms with Gasteiger partial charge in [-0.2, -0.15) is 5.10 Å². The van der Waals surface area contributed by atoms with Crippen molar-refractivity contribution in [3.8, 4) is 5.75 Å². The maximum absolute atomic E-state index is 12.2. The number of para-hydroxylation sites is 1. The molecule has 1 aliphatic heterocycles. The summed E-state index contributed by atoms with van der Waals surface area (Å²) < 4.78 is 5.46. The molecule has 0 atom stereocenters. The van der Waals surface area contributed by atoms with Crippen LogP contribution in [0.3, 0.4) is 0 Å². The Labute approximate surface area is 134 Å². The summed E-state index contributed by atoms with van der Waals surface area (Å²) in [4.78, 5) is 12.2. The van der Waals surface area contributed by atoms with Crippen LogP contribution in [-0.4, -0.2) is 29.8 Å². The fourth-order valence-electron chi connectivity index (χ4n) is 2.25. The van der Waals surface area contributed by atoms with Crippen LogP contribution in [0.1, 0.15) is 12.0 Å². The Kier molecular flexibility index (Phi) is 4.39. The second-order valence-electron chi connectivity index (χ2n) is 4.90.